The summed E-state index contributed by atoms with van der Waals surface area (Å²) in [5.41, 5.74) is 9.31. The molecule has 2 aliphatic heterocycles. The predicted molar refractivity (Wildman–Crippen MR) is 100 cm³/mol. The maximum Gasteiger partial charge on any atom is 0.194 e. The number of aliphatic imine (C=N–C) groups is 1. The molecule has 0 amide bonds. The number of nitrogens with zero attached hydrogens (tertiary/aromatic N) is 1. The number of nitrogens with one attached hydrogen (secondary N) is 1. The van der Waals surface area contributed by atoms with Crippen LogP contribution in [0.3, 0.4) is 0 Å². The molecule has 0 spiro atoms. The third kappa shape index (κ3) is 3.05. The zero-order valence-corrected chi connectivity index (χ0v) is 15.1. The van der Waals surface area contributed by atoms with E-state index in [-0.39, 0.29) is 11.8 Å². The van der Waals surface area contributed by atoms with Gasteiger partial charge in [-0.15, -0.1) is 0 Å². The molecule has 4 rings (SSSR count). The molecule has 0 aliphatic carbocycles. The van der Waals surface area contributed by atoms with Gasteiger partial charge in [0.15, 0.2) is 5.96 Å². The number of ether oxygens (including phenoxy) is 3. The number of fused-ring (bicyclic) bond motifs is 2. The predicted octanol–water partition coefficient (Wildman–Crippen LogP) is 3.00. The summed E-state index contributed by atoms with van der Waals surface area (Å²) >= 11 is 0. The number of benzene rings is 2. The van der Waals surface area contributed by atoms with Crippen LogP contribution in [0.15, 0.2) is 47.0 Å². The van der Waals surface area contributed by atoms with E-state index in [0.717, 1.165) is 22.4 Å². The molecule has 0 saturated carbocycles. The van der Waals surface area contributed by atoms with Crippen molar-refractivity contribution in [3.8, 4) is 17.2 Å². The van der Waals surface area contributed by atoms with Crippen LogP contribution >= 0.6 is 0 Å². The molecule has 140 valence electrons. The molecule has 3 N–H and O–H groups in total. The quantitative estimate of drug-likeness (QED) is 0.870. The Bertz CT molecular complexity index is 955. The van der Waals surface area contributed by atoms with Gasteiger partial charge in [0.2, 0.25) is 0 Å². The number of rotatable bonds is 3. The van der Waals surface area contributed by atoms with E-state index < -0.39 is 6.04 Å². The Morgan fingerprint density at radius 2 is 2.07 bits per heavy atom. The first kappa shape index (κ1) is 17.2. The molecule has 2 aliphatic rings. The monoisotopic (exact) mass is 369 g/mol. The third-order valence-corrected chi connectivity index (χ3v) is 4.71. The molecular weight excluding hydrogens is 349 g/mol. The molecule has 0 fully saturated rings. The van der Waals surface area contributed by atoms with Crippen LogP contribution in [0.5, 0.6) is 17.2 Å². The average Bonchev–Trinajstić information content (AvgIpc) is 2.85. The molecule has 27 heavy (non-hydrogen) atoms. The van der Waals surface area contributed by atoms with Crippen molar-refractivity contribution in [1.82, 2.24) is 5.32 Å². The SMILES string of the molecule is COc1cc(OC)c2c(c1)OCCC1=C2NC(N)=NC1c1cccc(F)c1. The summed E-state index contributed by atoms with van der Waals surface area (Å²) < 4.78 is 30.7. The molecule has 2 heterocycles. The van der Waals surface area contributed by atoms with Crippen molar-refractivity contribution in [2.24, 2.45) is 10.7 Å². The highest BCUT2D eigenvalue weighted by atomic mass is 19.1. The van der Waals surface area contributed by atoms with Crippen LogP contribution < -0.4 is 25.3 Å². The minimum atomic E-state index is -0.390. The Morgan fingerprint density at radius 1 is 1.22 bits per heavy atom. The zero-order valence-electron chi connectivity index (χ0n) is 15.1. The van der Waals surface area contributed by atoms with Crippen molar-refractivity contribution in [2.45, 2.75) is 12.5 Å². The summed E-state index contributed by atoms with van der Waals surface area (Å²) in [6.07, 6.45) is 0.612. The van der Waals surface area contributed by atoms with E-state index in [0.29, 0.717) is 30.3 Å². The van der Waals surface area contributed by atoms with E-state index >= 15 is 0 Å². The number of guanidine groups is 1. The highest BCUT2D eigenvalue weighted by molar-refractivity contribution is 5.94. The number of hydrogen-bond donors (Lipinski definition) is 2. The first-order chi connectivity index (χ1) is 13.1. The Labute approximate surface area is 156 Å². The second-order valence-corrected chi connectivity index (χ2v) is 6.30. The molecule has 0 saturated heterocycles. The molecule has 6 nitrogen and oxygen atoms in total. The van der Waals surface area contributed by atoms with Gasteiger partial charge in [0.05, 0.1) is 32.1 Å². The molecule has 7 heteroatoms. The summed E-state index contributed by atoms with van der Waals surface area (Å²) in [6, 6.07) is 9.62. The summed E-state index contributed by atoms with van der Waals surface area (Å²) in [5.74, 6) is 1.81. The van der Waals surface area contributed by atoms with E-state index in [9.17, 15) is 4.39 Å². The maximum atomic E-state index is 13.8. The van der Waals surface area contributed by atoms with Crippen molar-refractivity contribution < 1.29 is 18.6 Å². The van der Waals surface area contributed by atoms with Gasteiger partial charge < -0.3 is 25.3 Å². The lowest BCUT2D eigenvalue weighted by Crippen LogP contribution is -2.35. The van der Waals surface area contributed by atoms with Gasteiger partial charge in [-0.3, -0.25) is 0 Å². The van der Waals surface area contributed by atoms with Gasteiger partial charge in [0, 0.05) is 18.6 Å². The smallest absolute Gasteiger partial charge is 0.194 e. The standard InChI is InChI=1S/C20H20FN3O3/c1-25-13-9-15(26-2)17-16(10-13)27-7-6-14-18(23-20(22)24-19(14)17)11-4-3-5-12(21)8-11/h3-5,8-10,18H,6-7H2,1-2H3,(H3,22,23,24). The third-order valence-electron chi connectivity index (χ3n) is 4.71. The van der Waals surface area contributed by atoms with E-state index in [4.69, 9.17) is 19.9 Å². The molecule has 2 aromatic carbocycles. The fourth-order valence-corrected chi connectivity index (χ4v) is 3.51. The number of nitrogens with two attached hydrogens (primary N) is 1. The minimum absolute atomic E-state index is 0.258. The van der Waals surface area contributed by atoms with Crippen LogP contribution in [-0.2, 0) is 0 Å². The van der Waals surface area contributed by atoms with Crippen LogP contribution in [0.2, 0.25) is 0 Å². The Balaban J connectivity index is 1.91. The number of hydrogen-bond acceptors (Lipinski definition) is 6. The second kappa shape index (κ2) is 6.83. The van der Waals surface area contributed by atoms with Gasteiger partial charge in [0.25, 0.3) is 0 Å². The summed E-state index contributed by atoms with van der Waals surface area (Å²) in [7, 11) is 3.18. The molecule has 2 aromatic rings. The van der Waals surface area contributed by atoms with E-state index in [1.165, 1.54) is 12.1 Å². The largest absolute Gasteiger partial charge is 0.496 e. The van der Waals surface area contributed by atoms with Gasteiger partial charge in [-0.25, -0.2) is 9.38 Å². The van der Waals surface area contributed by atoms with Crippen molar-refractivity contribution >= 4 is 11.7 Å². The van der Waals surface area contributed by atoms with Gasteiger partial charge in [0.1, 0.15) is 29.1 Å². The first-order valence-corrected chi connectivity index (χ1v) is 8.58. The zero-order chi connectivity index (χ0) is 19.0. The van der Waals surface area contributed by atoms with Crippen molar-refractivity contribution in [1.29, 1.82) is 0 Å². The van der Waals surface area contributed by atoms with Crippen LogP contribution in [0, 0.1) is 5.82 Å². The lowest BCUT2D eigenvalue weighted by atomic mass is 9.91. The van der Waals surface area contributed by atoms with Crippen molar-refractivity contribution in [3.05, 3.63) is 58.9 Å². The van der Waals surface area contributed by atoms with E-state index in [1.807, 2.05) is 12.1 Å². The Morgan fingerprint density at radius 3 is 2.81 bits per heavy atom. The highest BCUT2D eigenvalue weighted by Crippen LogP contribution is 2.45. The fraction of sp³-hybridized carbons (Fsp3) is 0.250. The molecular formula is C20H20FN3O3. The summed E-state index contributed by atoms with van der Waals surface area (Å²) in [4.78, 5) is 4.52. The van der Waals surface area contributed by atoms with Gasteiger partial charge in [-0.2, -0.15) is 0 Å². The molecule has 0 bridgehead atoms. The molecule has 1 unspecified atom stereocenters. The lowest BCUT2D eigenvalue weighted by molar-refractivity contribution is 0.315. The molecule has 1 atom stereocenters. The Kier molecular flexibility index (Phi) is 4.35. The van der Waals surface area contributed by atoms with Crippen LogP contribution in [-0.4, -0.2) is 26.8 Å². The van der Waals surface area contributed by atoms with Crippen LogP contribution in [0.25, 0.3) is 5.70 Å². The topological polar surface area (TPSA) is 78.1 Å². The fourth-order valence-electron chi connectivity index (χ4n) is 3.51. The average molecular weight is 369 g/mol. The van der Waals surface area contributed by atoms with Crippen LogP contribution in [0.1, 0.15) is 23.6 Å². The summed E-state index contributed by atoms with van der Waals surface area (Å²) in [6.45, 7) is 0.449. The Hall–Kier alpha value is -3.22. The second-order valence-electron chi connectivity index (χ2n) is 6.30. The van der Waals surface area contributed by atoms with Crippen molar-refractivity contribution in [2.75, 3.05) is 20.8 Å². The molecule has 0 aromatic heterocycles. The lowest BCUT2D eigenvalue weighted by Gasteiger charge is -2.27. The highest BCUT2D eigenvalue weighted by Gasteiger charge is 2.31. The number of halogens is 1. The first-order valence-electron chi connectivity index (χ1n) is 8.58. The van der Waals surface area contributed by atoms with Crippen LogP contribution in [0.4, 0.5) is 4.39 Å². The normalized spacial score (nSPS) is 18.3. The summed E-state index contributed by atoms with van der Waals surface area (Å²) in [5, 5.41) is 3.15. The van der Waals surface area contributed by atoms with Gasteiger partial charge >= 0.3 is 0 Å². The van der Waals surface area contributed by atoms with Gasteiger partial charge in [-0.05, 0) is 23.3 Å². The maximum absolute atomic E-state index is 13.8. The van der Waals surface area contributed by atoms with E-state index in [2.05, 4.69) is 10.3 Å². The van der Waals surface area contributed by atoms with Gasteiger partial charge in [-0.1, -0.05) is 12.1 Å². The van der Waals surface area contributed by atoms with Crippen molar-refractivity contribution in [3.63, 3.8) is 0 Å². The number of methoxy groups -OCH3 is 2. The minimum Gasteiger partial charge on any atom is -0.496 e. The van der Waals surface area contributed by atoms with E-state index in [1.54, 1.807) is 26.4 Å². The molecule has 0 radical (unpaired) electrons.